The Bertz CT molecular complexity index is 451. The van der Waals surface area contributed by atoms with E-state index in [1.165, 1.54) is 6.20 Å². The fourth-order valence-corrected chi connectivity index (χ4v) is 1.90. The molecule has 0 radical (unpaired) electrons. The normalized spacial score (nSPS) is 10.9. The van der Waals surface area contributed by atoms with Crippen LogP contribution in [0.2, 0.25) is 5.02 Å². The number of carbonyl (C=O) groups excluding carboxylic acids is 1. The van der Waals surface area contributed by atoms with Crippen molar-refractivity contribution in [3.05, 3.63) is 22.8 Å². The van der Waals surface area contributed by atoms with Crippen molar-refractivity contribution in [3.8, 4) is 0 Å². The van der Waals surface area contributed by atoms with E-state index in [2.05, 4.69) is 41.4 Å². The molecular weight excluding hydrogens is 276 g/mol. The predicted molar refractivity (Wildman–Crippen MR) is 83.5 cm³/mol. The number of carbonyl (C=O) groups is 1. The summed E-state index contributed by atoms with van der Waals surface area (Å²) in [6.45, 7) is 5.89. The number of aromatic nitrogens is 1. The Morgan fingerprint density at radius 2 is 2.20 bits per heavy atom. The van der Waals surface area contributed by atoms with Crippen LogP contribution in [-0.2, 0) is 0 Å². The van der Waals surface area contributed by atoms with E-state index in [0.29, 0.717) is 29.0 Å². The van der Waals surface area contributed by atoms with Crippen LogP contribution in [0, 0.1) is 0 Å². The van der Waals surface area contributed by atoms with Gasteiger partial charge in [-0.15, -0.1) is 0 Å². The van der Waals surface area contributed by atoms with Crippen molar-refractivity contribution in [2.45, 2.75) is 26.3 Å². The number of amides is 1. The summed E-state index contributed by atoms with van der Waals surface area (Å²) in [7, 11) is 3.81. The van der Waals surface area contributed by atoms with Gasteiger partial charge >= 0.3 is 0 Å². The zero-order valence-electron chi connectivity index (χ0n) is 12.5. The van der Waals surface area contributed by atoms with Crippen molar-refractivity contribution in [1.82, 2.24) is 15.2 Å². The van der Waals surface area contributed by atoms with Crippen LogP contribution in [0.4, 0.5) is 5.82 Å². The number of hydrogen-bond donors (Lipinski definition) is 2. The quantitative estimate of drug-likeness (QED) is 0.758. The standard InChI is InChI=1S/C14H23ClN4O/c1-10(2)19(4)7-5-6-17-14(20)11-8-12(15)13(16-3)18-9-11/h8-10H,5-7H2,1-4H3,(H,16,18)(H,17,20). The third-order valence-electron chi connectivity index (χ3n) is 3.19. The highest BCUT2D eigenvalue weighted by Gasteiger charge is 2.09. The van der Waals surface area contributed by atoms with E-state index in [-0.39, 0.29) is 5.91 Å². The Hall–Kier alpha value is -1.33. The molecule has 5 nitrogen and oxygen atoms in total. The summed E-state index contributed by atoms with van der Waals surface area (Å²) < 4.78 is 0. The van der Waals surface area contributed by atoms with E-state index in [1.54, 1.807) is 13.1 Å². The van der Waals surface area contributed by atoms with E-state index in [0.717, 1.165) is 13.0 Å². The maximum Gasteiger partial charge on any atom is 0.252 e. The van der Waals surface area contributed by atoms with Crippen LogP contribution >= 0.6 is 11.6 Å². The second-order valence-electron chi connectivity index (χ2n) is 4.99. The van der Waals surface area contributed by atoms with Gasteiger partial charge in [0.15, 0.2) is 0 Å². The average Bonchev–Trinajstić information content (AvgIpc) is 2.42. The van der Waals surface area contributed by atoms with Crippen LogP contribution in [0.5, 0.6) is 0 Å². The summed E-state index contributed by atoms with van der Waals surface area (Å²) in [5.74, 6) is 0.427. The first-order valence-electron chi connectivity index (χ1n) is 6.77. The molecule has 1 rings (SSSR count). The smallest absolute Gasteiger partial charge is 0.252 e. The molecule has 0 fully saturated rings. The number of nitrogens with zero attached hydrogens (tertiary/aromatic N) is 2. The molecule has 0 aromatic carbocycles. The van der Waals surface area contributed by atoms with Gasteiger partial charge in [0, 0.05) is 25.8 Å². The molecule has 1 aromatic rings. The number of halogens is 1. The van der Waals surface area contributed by atoms with Crippen LogP contribution in [0.25, 0.3) is 0 Å². The molecule has 1 aromatic heterocycles. The monoisotopic (exact) mass is 298 g/mol. The summed E-state index contributed by atoms with van der Waals surface area (Å²) in [5, 5.41) is 6.17. The molecule has 0 saturated heterocycles. The Balaban J connectivity index is 2.41. The lowest BCUT2D eigenvalue weighted by molar-refractivity contribution is 0.0951. The molecule has 1 heterocycles. The molecule has 0 saturated carbocycles. The summed E-state index contributed by atoms with van der Waals surface area (Å²) in [5.41, 5.74) is 0.478. The van der Waals surface area contributed by atoms with Crippen LogP contribution in [0.1, 0.15) is 30.6 Å². The Kier molecular flexibility index (Phi) is 6.75. The molecule has 6 heteroatoms. The van der Waals surface area contributed by atoms with Crippen LogP contribution < -0.4 is 10.6 Å². The summed E-state index contributed by atoms with van der Waals surface area (Å²) in [6, 6.07) is 2.14. The second kappa shape index (κ2) is 8.07. The minimum atomic E-state index is -0.144. The summed E-state index contributed by atoms with van der Waals surface area (Å²) >= 11 is 6.00. The topological polar surface area (TPSA) is 57.3 Å². The van der Waals surface area contributed by atoms with Crippen molar-refractivity contribution in [1.29, 1.82) is 0 Å². The number of rotatable bonds is 7. The molecule has 112 valence electrons. The maximum absolute atomic E-state index is 11.9. The second-order valence-corrected chi connectivity index (χ2v) is 5.40. The number of hydrogen-bond acceptors (Lipinski definition) is 4. The average molecular weight is 299 g/mol. The van der Waals surface area contributed by atoms with Gasteiger partial charge in [0.1, 0.15) is 5.82 Å². The molecule has 2 N–H and O–H groups in total. The molecular formula is C14H23ClN4O. The lowest BCUT2D eigenvalue weighted by Gasteiger charge is -2.20. The molecule has 0 atom stereocenters. The van der Waals surface area contributed by atoms with E-state index in [9.17, 15) is 4.79 Å². The van der Waals surface area contributed by atoms with Gasteiger partial charge in [0.05, 0.1) is 10.6 Å². The zero-order valence-corrected chi connectivity index (χ0v) is 13.3. The first-order chi connectivity index (χ1) is 9.45. The van der Waals surface area contributed by atoms with Crippen LogP contribution in [-0.4, -0.2) is 49.0 Å². The highest BCUT2D eigenvalue weighted by molar-refractivity contribution is 6.33. The zero-order chi connectivity index (χ0) is 15.1. The maximum atomic E-state index is 11.9. The first kappa shape index (κ1) is 16.7. The van der Waals surface area contributed by atoms with Crippen molar-refractivity contribution in [2.24, 2.45) is 0 Å². The van der Waals surface area contributed by atoms with E-state index >= 15 is 0 Å². The molecule has 0 aliphatic heterocycles. The van der Waals surface area contributed by atoms with Crippen LogP contribution in [0.15, 0.2) is 12.3 Å². The molecule has 0 unspecified atom stereocenters. The highest BCUT2D eigenvalue weighted by atomic mass is 35.5. The van der Waals surface area contributed by atoms with E-state index in [4.69, 9.17) is 11.6 Å². The molecule has 0 bridgehead atoms. The molecule has 1 amide bonds. The van der Waals surface area contributed by atoms with Gasteiger partial charge in [-0.3, -0.25) is 4.79 Å². The Morgan fingerprint density at radius 1 is 1.50 bits per heavy atom. The van der Waals surface area contributed by atoms with Crippen molar-refractivity contribution >= 4 is 23.3 Å². The van der Waals surface area contributed by atoms with Gasteiger partial charge in [0.25, 0.3) is 5.91 Å². The minimum absolute atomic E-state index is 0.144. The Morgan fingerprint density at radius 3 is 2.75 bits per heavy atom. The summed E-state index contributed by atoms with van der Waals surface area (Å²) in [4.78, 5) is 18.3. The lowest BCUT2D eigenvalue weighted by Crippen LogP contribution is -2.31. The molecule has 0 aliphatic rings. The molecule has 0 aliphatic carbocycles. The molecule has 0 spiro atoms. The van der Waals surface area contributed by atoms with Crippen molar-refractivity contribution in [3.63, 3.8) is 0 Å². The van der Waals surface area contributed by atoms with Gasteiger partial charge in [-0.25, -0.2) is 4.98 Å². The van der Waals surface area contributed by atoms with Gasteiger partial charge in [-0.1, -0.05) is 11.6 Å². The number of anilines is 1. The van der Waals surface area contributed by atoms with Crippen LogP contribution in [0.3, 0.4) is 0 Å². The van der Waals surface area contributed by atoms with E-state index < -0.39 is 0 Å². The molecule has 20 heavy (non-hydrogen) atoms. The predicted octanol–water partition coefficient (Wildman–Crippen LogP) is 2.24. The third kappa shape index (κ3) is 4.98. The Labute approximate surface area is 125 Å². The van der Waals surface area contributed by atoms with Gasteiger partial charge < -0.3 is 15.5 Å². The number of pyridine rings is 1. The van der Waals surface area contributed by atoms with Gasteiger partial charge in [-0.05, 0) is 39.9 Å². The largest absolute Gasteiger partial charge is 0.372 e. The van der Waals surface area contributed by atoms with Gasteiger partial charge in [0.2, 0.25) is 0 Å². The lowest BCUT2D eigenvalue weighted by atomic mass is 10.2. The van der Waals surface area contributed by atoms with Gasteiger partial charge in [-0.2, -0.15) is 0 Å². The first-order valence-corrected chi connectivity index (χ1v) is 7.15. The van der Waals surface area contributed by atoms with Crippen molar-refractivity contribution in [2.75, 3.05) is 32.5 Å². The highest BCUT2D eigenvalue weighted by Crippen LogP contribution is 2.19. The minimum Gasteiger partial charge on any atom is -0.372 e. The van der Waals surface area contributed by atoms with E-state index in [1.807, 2.05) is 0 Å². The third-order valence-corrected chi connectivity index (χ3v) is 3.48. The fraction of sp³-hybridized carbons (Fsp3) is 0.571. The fourth-order valence-electron chi connectivity index (χ4n) is 1.64. The van der Waals surface area contributed by atoms with Crippen molar-refractivity contribution < 1.29 is 4.79 Å². The number of nitrogens with one attached hydrogen (secondary N) is 2. The SMILES string of the molecule is CNc1ncc(C(=O)NCCCN(C)C(C)C)cc1Cl. The summed E-state index contributed by atoms with van der Waals surface area (Å²) in [6.07, 6.45) is 2.43.